The molecule has 1 N–H and O–H groups in total. The van der Waals surface area contributed by atoms with Gasteiger partial charge in [-0.15, -0.1) is 0 Å². The second-order valence-electron chi connectivity index (χ2n) is 4.02. The van der Waals surface area contributed by atoms with Crippen LogP contribution >= 0.6 is 11.6 Å². The van der Waals surface area contributed by atoms with Crippen molar-refractivity contribution in [1.29, 1.82) is 0 Å². The van der Waals surface area contributed by atoms with Gasteiger partial charge in [-0.3, -0.25) is 5.10 Å². The van der Waals surface area contributed by atoms with E-state index >= 15 is 0 Å². The van der Waals surface area contributed by atoms with E-state index in [2.05, 4.69) is 20.2 Å². The monoisotopic (exact) mass is 298 g/mol. The molecule has 0 radical (unpaired) electrons. The molecule has 0 bridgehead atoms. The minimum absolute atomic E-state index is 0.0595. The minimum atomic E-state index is -4.48. The third-order valence-corrected chi connectivity index (χ3v) is 2.94. The molecular weight excluding hydrogens is 293 g/mol. The fourth-order valence-corrected chi connectivity index (χ4v) is 2.12. The smallest absolute Gasteiger partial charge is 0.261 e. The predicted octanol–water partition coefficient (Wildman–Crippen LogP) is 3.69. The van der Waals surface area contributed by atoms with Crippen molar-refractivity contribution in [2.24, 2.45) is 0 Å². The van der Waals surface area contributed by atoms with E-state index in [9.17, 15) is 13.2 Å². The van der Waals surface area contributed by atoms with Gasteiger partial charge in [0.25, 0.3) is 0 Å². The zero-order valence-electron chi connectivity index (χ0n) is 9.74. The average Bonchev–Trinajstić information content (AvgIpc) is 2.84. The summed E-state index contributed by atoms with van der Waals surface area (Å²) in [7, 11) is 0. The largest absolute Gasteiger partial charge is 0.417 e. The molecule has 0 spiro atoms. The molecule has 2 aromatic heterocycles. The number of hydrogen-bond acceptors (Lipinski definition) is 3. The normalized spacial score (nSPS) is 12.0. The molecule has 3 aromatic rings. The van der Waals surface area contributed by atoms with Crippen molar-refractivity contribution in [2.45, 2.75) is 6.18 Å². The van der Waals surface area contributed by atoms with Crippen molar-refractivity contribution in [3.05, 3.63) is 41.3 Å². The van der Waals surface area contributed by atoms with Gasteiger partial charge in [-0.25, -0.2) is 4.98 Å². The van der Waals surface area contributed by atoms with E-state index in [0.29, 0.717) is 5.39 Å². The fourth-order valence-electron chi connectivity index (χ4n) is 1.95. The van der Waals surface area contributed by atoms with Crippen LogP contribution in [0.1, 0.15) is 5.56 Å². The zero-order chi connectivity index (χ0) is 14.3. The molecule has 0 fully saturated rings. The third kappa shape index (κ3) is 2.09. The first-order valence-corrected chi connectivity index (χ1v) is 5.88. The maximum absolute atomic E-state index is 13.1. The first-order valence-electron chi connectivity index (χ1n) is 5.50. The Kier molecular flexibility index (Phi) is 2.86. The number of H-pyrrole nitrogens is 1. The van der Waals surface area contributed by atoms with Crippen LogP contribution in [0, 0.1) is 0 Å². The molecule has 102 valence electrons. The van der Waals surface area contributed by atoms with Crippen molar-refractivity contribution in [3.8, 4) is 11.3 Å². The van der Waals surface area contributed by atoms with Gasteiger partial charge in [0.15, 0.2) is 5.65 Å². The molecule has 8 heteroatoms. The van der Waals surface area contributed by atoms with Crippen LogP contribution < -0.4 is 0 Å². The van der Waals surface area contributed by atoms with Gasteiger partial charge in [-0.2, -0.15) is 23.3 Å². The highest BCUT2D eigenvalue weighted by molar-refractivity contribution is 6.28. The van der Waals surface area contributed by atoms with Gasteiger partial charge in [0, 0.05) is 5.56 Å². The zero-order valence-corrected chi connectivity index (χ0v) is 10.5. The van der Waals surface area contributed by atoms with Crippen molar-refractivity contribution in [2.75, 3.05) is 0 Å². The van der Waals surface area contributed by atoms with Crippen LogP contribution in [-0.4, -0.2) is 20.2 Å². The molecule has 1 aromatic carbocycles. The van der Waals surface area contributed by atoms with Crippen molar-refractivity contribution < 1.29 is 13.2 Å². The number of nitrogens with zero attached hydrogens (tertiary/aromatic N) is 3. The Labute approximate surface area is 115 Å². The standard InChI is InChI=1S/C12H6ClF3N4/c13-11-18-9(7-5-17-20-10(7)19-11)6-3-1-2-4-8(6)12(14,15)16/h1-5H,(H,17,18,19,20). The highest BCUT2D eigenvalue weighted by Gasteiger charge is 2.34. The van der Waals surface area contributed by atoms with E-state index in [-0.39, 0.29) is 22.2 Å². The number of rotatable bonds is 1. The highest BCUT2D eigenvalue weighted by Crippen LogP contribution is 2.38. The molecule has 2 heterocycles. The number of alkyl halides is 3. The summed E-state index contributed by atoms with van der Waals surface area (Å²) in [4.78, 5) is 7.78. The van der Waals surface area contributed by atoms with E-state index in [0.717, 1.165) is 6.07 Å². The first kappa shape index (κ1) is 12.9. The summed E-state index contributed by atoms with van der Waals surface area (Å²) in [5.41, 5.74) is -0.452. The van der Waals surface area contributed by atoms with E-state index in [4.69, 9.17) is 11.6 Å². The number of halogens is 4. The van der Waals surface area contributed by atoms with Gasteiger partial charge in [0.1, 0.15) is 0 Å². The predicted molar refractivity (Wildman–Crippen MR) is 67.1 cm³/mol. The fraction of sp³-hybridized carbons (Fsp3) is 0.0833. The van der Waals surface area contributed by atoms with Crippen molar-refractivity contribution in [1.82, 2.24) is 20.2 Å². The van der Waals surface area contributed by atoms with Crippen LogP contribution in [0.4, 0.5) is 13.2 Å². The summed E-state index contributed by atoms with van der Waals surface area (Å²) in [6.45, 7) is 0. The second-order valence-corrected chi connectivity index (χ2v) is 4.35. The molecule has 0 unspecified atom stereocenters. The number of fused-ring (bicyclic) bond motifs is 1. The lowest BCUT2D eigenvalue weighted by Gasteiger charge is -2.12. The average molecular weight is 299 g/mol. The van der Waals surface area contributed by atoms with E-state index in [1.54, 1.807) is 0 Å². The van der Waals surface area contributed by atoms with Crippen molar-refractivity contribution in [3.63, 3.8) is 0 Å². The maximum atomic E-state index is 13.1. The summed E-state index contributed by atoms with van der Waals surface area (Å²) in [6, 6.07) is 5.17. The molecule has 0 saturated carbocycles. The Hall–Kier alpha value is -2.15. The Balaban J connectivity index is 2.34. The molecular formula is C12H6ClF3N4. The molecule has 0 aliphatic rings. The van der Waals surface area contributed by atoms with Crippen LogP contribution in [-0.2, 0) is 6.18 Å². The number of aromatic amines is 1. The first-order chi connectivity index (χ1) is 9.47. The molecule has 0 atom stereocenters. The summed E-state index contributed by atoms with van der Waals surface area (Å²) >= 11 is 5.75. The highest BCUT2D eigenvalue weighted by atomic mass is 35.5. The maximum Gasteiger partial charge on any atom is 0.417 e. The Bertz CT molecular complexity index is 782. The Morgan fingerprint density at radius 2 is 1.85 bits per heavy atom. The number of aromatic nitrogens is 4. The van der Waals surface area contributed by atoms with Gasteiger partial charge in [-0.1, -0.05) is 18.2 Å². The third-order valence-electron chi connectivity index (χ3n) is 2.77. The Morgan fingerprint density at radius 1 is 1.10 bits per heavy atom. The quantitative estimate of drug-likeness (QED) is 0.697. The van der Waals surface area contributed by atoms with Crippen LogP contribution in [0.2, 0.25) is 5.28 Å². The van der Waals surface area contributed by atoms with Crippen LogP contribution in [0.15, 0.2) is 30.5 Å². The molecule has 4 nitrogen and oxygen atoms in total. The SMILES string of the molecule is FC(F)(F)c1ccccc1-c1nc(Cl)nc2[nH]ncc12. The topological polar surface area (TPSA) is 54.5 Å². The second kappa shape index (κ2) is 4.45. The van der Waals surface area contributed by atoms with Gasteiger partial charge < -0.3 is 0 Å². The lowest BCUT2D eigenvalue weighted by atomic mass is 10.0. The number of nitrogens with one attached hydrogen (secondary N) is 1. The lowest BCUT2D eigenvalue weighted by Crippen LogP contribution is -2.07. The van der Waals surface area contributed by atoms with Crippen LogP contribution in [0.25, 0.3) is 22.3 Å². The van der Waals surface area contributed by atoms with Crippen LogP contribution in [0.5, 0.6) is 0 Å². The van der Waals surface area contributed by atoms with Gasteiger partial charge in [0.2, 0.25) is 5.28 Å². The minimum Gasteiger partial charge on any atom is -0.261 e. The summed E-state index contributed by atoms with van der Waals surface area (Å²) < 4.78 is 39.2. The molecule has 0 aliphatic heterocycles. The van der Waals surface area contributed by atoms with E-state index < -0.39 is 11.7 Å². The number of hydrogen-bond donors (Lipinski definition) is 1. The number of benzene rings is 1. The van der Waals surface area contributed by atoms with Gasteiger partial charge in [-0.05, 0) is 17.7 Å². The van der Waals surface area contributed by atoms with E-state index in [1.165, 1.54) is 24.4 Å². The summed E-state index contributed by atoms with van der Waals surface area (Å²) in [6.07, 6.45) is -3.11. The van der Waals surface area contributed by atoms with Gasteiger partial charge >= 0.3 is 6.18 Å². The molecule has 0 aliphatic carbocycles. The summed E-state index contributed by atoms with van der Waals surface area (Å²) in [5.74, 6) is 0. The van der Waals surface area contributed by atoms with Gasteiger partial charge in [0.05, 0.1) is 22.8 Å². The molecule has 20 heavy (non-hydrogen) atoms. The summed E-state index contributed by atoms with van der Waals surface area (Å²) in [5, 5.41) is 6.55. The molecule has 0 amide bonds. The Morgan fingerprint density at radius 3 is 2.60 bits per heavy atom. The van der Waals surface area contributed by atoms with Crippen molar-refractivity contribution >= 4 is 22.6 Å². The van der Waals surface area contributed by atoms with Crippen LogP contribution in [0.3, 0.4) is 0 Å². The molecule has 0 saturated heterocycles. The lowest BCUT2D eigenvalue weighted by molar-refractivity contribution is -0.137. The van der Waals surface area contributed by atoms with E-state index in [1.807, 2.05) is 0 Å². The molecule has 3 rings (SSSR count).